The van der Waals surface area contributed by atoms with E-state index in [0.29, 0.717) is 18.0 Å². The molecule has 1 aliphatic heterocycles. The third-order valence-corrected chi connectivity index (χ3v) is 3.62. The molecule has 2 unspecified atom stereocenters. The smallest absolute Gasteiger partial charge is 0.0647 e. The maximum atomic E-state index is 10.2. The molecule has 1 saturated heterocycles. The first kappa shape index (κ1) is 12.9. The molecule has 0 bridgehead atoms. The van der Waals surface area contributed by atoms with Crippen molar-refractivity contribution in [1.82, 2.24) is 9.80 Å². The van der Waals surface area contributed by atoms with Crippen molar-refractivity contribution in [2.24, 2.45) is 5.92 Å². The van der Waals surface area contributed by atoms with Crippen LogP contribution in [0.3, 0.4) is 0 Å². The summed E-state index contributed by atoms with van der Waals surface area (Å²) in [6.45, 7) is 10.4. The zero-order valence-electron chi connectivity index (χ0n) is 11.0. The summed E-state index contributed by atoms with van der Waals surface area (Å²) >= 11 is 0. The number of hydrogen-bond acceptors (Lipinski definition) is 3. The zero-order valence-corrected chi connectivity index (χ0v) is 11.0. The first-order valence-electron chi connectivity index (χ1n) is 5.86. The van der Waals surface area contributed by atoms with Gasteiger partial charge in [-0.15, -0.1) is 0 Å². The first-order chi connectivity index (χ1) is 6.73. The van der Waals surface area contributed by atoms with Crippen LogP contribution in [-0.4, -0.2) is 59.8 Å². The van der Waals surface area contributed by atoms with Crippen LogP contribution in [0.25, 0.3) is 0 Å². The van der Waals surface area contributed by atoms with Crippen molar-refractivity contribution >= 4 is 0 Å². The number of hydrogen-bond donors (Lipinski definition) is 1. The van der Waals surface area contributed by atoms with Crippen LogP contribution in [0.4, 0.5) is 0 Å². The topological polar surface area (TPSA) is 26.7 Å². The lowest BCUT2D eigenvalue weighted by molar-refractivity contribution is -0.00273. The maximum absolute atomic E-state index is 10.2. The van der Waals surface area contributed by atoms with Gasteiger partial charge in [-0.2, -0.15) is 0 Å². The second kappa shape index (κ2) is 4.40. The van der Waals surface area contributed by atoms with Crippen molar-refractivity contribution in [1.29, 1.82) is 0 Å². The summed E-state index contributed by atoms with van der Waals surface area (Å²) < 4.78 is 0. The Balaban J connectivity index is 2.77. The predicted molar refractivity (Wildman–Crippen MR) is 64.0 cm³/mol. The molecule has 3 heteroatoms. The third kappa shape index (κ3) is 2.92. The van der Waals surface area contributed by atoms with E-state index in [0.717, 1.165) is 13.1 Å². The fourth-order valence-corrected chi connectivity index (χ4v) is 2.46. The van der Waals surface area contributed by atoms with Gasteiger partial charge < -0.3 is 10.0 Å². The van der Waals surface area contributed by atoms with E-state index in [-0.39, 0.29) is 0 Å². The van der Waals surface area contributed by atoms with Gasteiger partial charge in [-0.1, -0.05) is 0 Å². The van der Waals surface area contributed by atoms with Crippen LogP contribution < -0.4 is 0 Å². The van der Waals surface area contributed by atoms with Crippen LogP contribution >= 0.6 is 0 Å². The van der Waals surface area contributed by atoms with Crippen LogP contribution in [0.15, 0.2) is 0 Å². The molecule has 15 heavy (non-hydrogen) atoms. The Morgan fingerprint density at radius 3 is 2.07 bits per heavy atom. The molecule has 1 fully saturated rings. The summed E-state index contributed by atoms with van der Waals surface area (Å²) in [6.07, 6.45) is 0. The van der Waals surface area contributed by atoms with E-state index in [1.165, 1.54) is 0 Å². The van der Waals surface area contributed by atoms with Crippen molar-refractivity contribution in [3.05, 3.63) is 0 Å². The monoisotopic (exact) mass is 214 g/mol. The van der Waals surface area contributed by atoms with Crippen LogP contribution in [-0.2, 0) is 0 Å². The highest BCUT2D eigenvalue weighted by atomic mass is 16.3. The van der Waals surface area contributed by atoms with Gasteiger partial charge in [0.15, 0.2) is 0 Å². The van der Waals surface area contributed by atoms with Crippen molar-refractivity contribution in [3.63, 3.8) is 0 Å². The van der Waals surface area contributed by atoms with Gasteiger partial charge in [0.05, 0.1) is 5.60 Å². The SMILES string of the molecule is CC(C)N1CC(N(C)C)C(C(C)(C)O)C1. The Morgan fingerprint density at radius 2 is 1.80 bits per heavy atom. The molecule has 0 aromatic heterocycles. The highest BCUT2D eigenvalue weighted by Crippen LogP contribution is 2.30. The quantitative estimate of drug-likeness (QED) is 0.760. The Morgan fingerprint density at radius 1 is 1.27 bits per heavy atom. The summed E-state index contributed by atoms with van der Waals surface area (Å²) in [7, 11) is 4.21. The van der Waals surface area contributed by atoms with E-state index in [1.54, 1.807) is 0 Å². The van der Waals surface area contributed by atoms with Crippen LogP contribution in [0.1, 0.15) is 27.7 Å². The summed E-state index contributed by atoms with van der Waals surface area (Å²) in [5, 5.41) is 10.2. The number of likely N-dealkylation sites (N-methyl/N-ethyl adjacent to an activating group) is 1. The molecule has 0 radical (unpaired) electrons. The Kier molecular flexibility index (Phi) is 3.80. The molecule has 1 N–H and O–H groups in total. The molecule has 0 amide bonds. The van der Waals surface area contributed by atoms with Gasteiger partial charge in [0.25, 0.3) is 0 Å². The minimum Gasteiger partial charge on any atom is -0.390 e. The Bertz CT molecular complexity index is 208. The normalized spacial score (nSPS) is 29.4. The fraction of sp³-hybridized carbons (Fsp3) is 1.00. The van der Waals surface area contributed by atoms with Crippen molar-refractivity contribution in [3.8, 4) is 0 Å². The highest BCUT2D eigenvalue weighted by molar-refractivity contribution is 4.97. The molecule has 0 spiro atoms. The van der Waals surface area contributed by atoms with Gasteiger partial charge in [-0.05, 0) is 41.8 Å². The van der Waals surface area contributed by atoms with Gasteiger partial charge in [0, 0.05) is 31.1 Å². The average molecular weight is 214 g/mol. The van der Waals surface area contributed by atoms with Gasteiger partial charge in [0.2, 0.25) is 0 Å². The van der Waals surface area contributed by atoms with Gasteiger partial charge >= 0.3 is 0 Å². The molecule has 3 nitrogen and oxygen atoms in total. The average Bonchev–Trinajstić information content (AvgIpc) is 2.45. The molecule has 1 rings (SSSR count). The maximum Gasteiger partial charge on any atom is 0.0647 e. The molecule has 90 valence electrons. The van der Waals surface area contributed by atoms with Crippen LogP contribution in [0.5, 0.6) is 0 Å². The molecule has 0 aliphatic carbocycles. The van der Waals surface area contributed by atoms with E-state index >= 15 is 0 Å². The van der Waals surface area contributed by atoms with Gasteiger partial charge in [-0.25, -0.2) is 0 Å². The van der Waals surface area contributed by atoms with Crippen LogP contribution in [0.2, 0.25) is 0 Å². The lowest BCUT2D eigenvalue weighted by Crippen LogP contribution is -2.45. The van der Waals surface area contributed by atoms with E-state index in [2.05, 4.69) is 37.7 Å². The second-order valence-corrected chi connectivity index (χ2v) is 5.84. The van der Waals surface area contributed by atoms with Gasteiger partial charge in [-0.3, -0.25) is 4.90 Å². The standard InChI is InChI=1S/C12H26N2O/c1-9(2)14-7-10(12(3,4)15)11(8-14)13(5)6/h9-11,15H,7-8H2,1-6H3. The second-order valence-electron chi connectivity index (χ2n) is 5.84. The fourth-order valence-electron chi connectivity index (χ4n) is 2.46. The largest absolute Gasteiger partial charge is 0.390 e. The summed E-state index contributed by atoms with van der Waals surface area (Å²) in [6, 6.07) is 1.03. The Labute approximate surface area is 94.1 Å². The van der Waals surface area contributed by atoms with Crippen molar-refractivity contribution < 1.29 is 5.11 Å². The molecule has 0 saturated carbocycles. The Hall–Kier alpha value is -0.120. The molecule has 1 heterocycles. The number of aliphatic hydroxyl groups is 1. The summed E-state index contributed by atoms with van der Waals surface area (Å²) in [4.78, 5) is 4.69. The highest BCUT2D eigenvalue weighted by Gasteiger charge is 2.42. The summed E-state index contributed by atoms with van der Waals surface area (Å²) in [5.41, 5.74) is -0.585. The minimum absolute atomic E-state index is 0.342. The lowest BCUT2D eigenvalue weighted by atomic mass is 9.86. The van der Waals surface area contributed by atoms with E-state index in [9.17, 15) is 5.11 Å². The lowest BCUT2D eigenvalue weighted by Gasteiger charge is -2.33. The molecule has 1 aliphatic rings. The number of likely N-dealkylation sites (tertiary alicyclic amines) is 1. The first-order valence-corrected chi connectivity index (χ1v) is 5.86. The zero-order chi connectivity index (χ0) is 11.8. The van der Waals surface area contributed by atoms with E-state index < -0.39 is 5.60 Å². The van der Waals surface area contributed by atoms with Gasteiger partial charge in [0.1, 0.15) is 0 Å². The van der Waals surface area contributed by atoms with E-state index in [4.69, 9.17) is 0 Å². The molecular formula is C12H26N2O. The number of rotatable bonds is 3. The molecule has 2 atom stereocenters. The molecule has 0 aromatic rings. The third-order valence-electron chi connectivity index (χ3n) is 3.62. The van der Waals surface area contributed by atoms with Crippen molar-refractivity contribution in [2.45, 2.75) is 45.4 Å². The molecular weight excluding hydrogens is 188 g/mol. The number of nitrogens with zero attached hydrogens (tertiary/aromatic N) is 2. The predicted octanol–water partition coefficient (Wildman–Crippen LogP) is 1.03. The van der Waals surface area contributed by atoms with Crippen molar-refractivity contribution in [2.75, 3.05) is 27.2 Å². The summed E-state index contributed by atoms with van der Waals surface area (Å²) in [5.74, 6) is 0.342. The molecule has 0 aromatic carbocycles. The van der Waals surface area contributed by atoms with Crippen LogP contribution in [0, 0.1) is 5.92 Å². The van der Waals surface area contributed by atoms with E-state index in [1.807, 2.05) is 13.8 Å². The minimum atomic E-state index is -0.585.